The molecule has 1 aliphatic carbocycles. The molecular weight excluding hydrogens is 204 g/mol. The Morgan fingerprint density at radius 3 is 3.06 bits per heavy atom. The molecule has 16 heavy (non-hydrogen) atoms. The number of carbonyl (C=O) groups is 2. The molecule has 1 aliphatic heterocycles. The van der Waals surface area contributed by atoms with Crippen LogP contribution in [0.15, 0.2) is 0 Å². The van der Waals surface area contributed by atoms with Crippen LogP contribution in [0.1, 0.15) is 39.0 Å². The first-order chi connectivity index (χ1) is 7.72. The van der Waals surface area contributed by atoms with Crippen molar-refractivity contribution in [3.63, 3.8) is 0 Å². The highest BCUT2D eigenvalue weighted by atomic mass is 16.2. The van der Waals surface area contributed by atoms with E-state index in [1.807, 2.05) is 0 Å². The van der Waals surface area contributed by atoms with E-state index in [1.165, 1.54) is 0 Å². The van der Waals surface area contributed by atoms with Gasteiger partial charge in [0.1, 0.15) is 6.04 Å². The van der Waals surface area contributed by atoms with E-state index in [4.69, 9.17) is 0 Å². The van der Waals surface area contributed by atoms with Gasteiger partial charge < -0.3 is 10.6 Å². The monoisotopic (exact) mass is 224 g/mol. The Balaban J connectivity index is 1.88. The minimum Gasteiger partial charge on any atom is -0.354 e. The lowest BCUT2D eigenvalue weighted by Crippen LogP contribution is -2.54. The number of fused-ring (bicyclic) bond motifs is 2. The fourth-order valence-electron chi connectivity index (χ4n) is 2.72. The molecule has 3 atom stereocenters. The molecule has 2 bridgehead atoms. The van der Waals surface area contributed by atoms with Gasteiger partial charge in [-0.1, -0.05) is 13.3 Å². The third kappa shape index (κ3) is 2.20. The molecule has 1 saturated heterocycles. The standard InChI is InChI=1S/C12H20N2O2/c1-2-3-6-13-12(16)10-8-4-5-9(7-8)11(15)14-10/h8-10H,2-7H2,1H3,(H,13,16)(H,14,15)/t8-,9+,10-/m0/s1. The van der Waals surface area contributed by atoms with Gasteiger partial charge in [0, 0.05) is 12.5 Å². The number of unbranched alkanes of at least 4 members (excludes halogenated alkanes) is 1. The highest BCUT2D eigenvalue weighted by Gasteiger charge is 2.43. The first kappa shape index (κ1) is 11.4. The maximum Gasteiger partial charge on any atom is 0.242 e. The van der Waals surface area contributed by atoms with Gasteiger partial charge >= 0.3 is 0 Å². The Morgan fingerprint density at radius 1 is 1.50 bits per heavy atom. The van der Waals surface area contributed by atoms with E-state index in [-0.39, 0.29) is 23.8 Å². The summed E-state index contributed by atoms with van der Waals surface area (Å²) in [5.74, 6) is 0.616. The second-order valence-corrected chi connectivity index (χ2v) is 4.90. The van der Waals surface area contributed by atoms with Crippen molar-refractivity contribution in [1.29, 1.82) is 0 Å². The van der Waals surface area contributed by atoms with Crippen molar-refractivity contribution in [3.05, 3.63) is 0 Å². The first-order valence-corrected chi connectivity index (χ1v) is 6.30. The van der Waals surface area contributed by atoms with Gasteiger partial charge in [0.25, 0.3) is 0 Å². The van der Waals surface area contributed by atoms with Crippen molar-refractivity contribution >= 4 is 11.8 Å². The summed E-state index contributed by atoms with van der Waals surface area (Å²) in [7, 11) is 0. The highest BCUT2D eigenvalue weighted by Crippen LogP contribution is 2.36. The van der Waals surface area contributed by atoms with Gasteiger partial charge in [-0.05, 0) is 31.6 Å². The summed E-state index contributed by atoms with van der Waals surface area (Å²) in [5, 5.41) is 5.76. The van der Waals surface area contributed by atoms with Gasteiger partial charge in [0.05, 0.1) is 0 Å². The molecule has 2 amide bonds. The molecule has 0 spiro atoms. The Morgan fingerprint density at radius 2 is 2.31 bits per heavy atom. The van der Waals surface area contributed by atoms with Gasteiger partial charge in [-0.3, -0.25) is 9.59 Å². The number of rotatable bonds is 4. The summed E-state index contributed by atoms with van der Waals surface area (Å²) in [6.45, 7) is 2.81. The van der Waals surface area contributed by atoms with Gasteiger partial charge in [0.15, 0.2) is 0 Å². The summed E-state index contributed by atoms with van der Waals surface area (Å²) < 4.78 is 0. The number of carbonyl (C=O) groups excluding carboxylic acids is 2. The largest absolute Gasteiger partial charge is 0.354 e. The van der Waals surface area contributed by atoms with E-state index in [0.29, 0.717) is 5.92 Å². The molecule has 90 valence electrons. The van der Waals surface area contributed by atoms with Gasteiger partial charge in [-0.15, -0.1) is 0 Å². The number of hydrogen-bond donors (Lipinski definition) is 2. The molecule has 0 radical (unpaired) electrons. The zero-order chi connectivity index (χ0) is 11.5. The van der Waals surface area contributed by atoms with E-state index in [9.17, 15) is 9.59 Å². The fraction of sp³-hybridized carbons (Fsp3) is 0.833. The molecule has 1 saturated carbocycles. The Hall–Kier alpha value is -1.06. The zero-order valence-corrected chi connectivity index (χ0v) is 9.79. The summed E-state index contributed by atoms with van der Waals surface area (Å²) >= 11 is 0. The molecule has 0 unspecified atom stereocenters. The SMILES string of the molecule is CCCCNC(=O)[C@H]1NC(=O)[C@@H]2CC[C@H]1C2. The topological polar surface area (TPSA) is 58.2 Å². The van der Waals surface area contributed by atoms with Crippen molar-refractivity contribution in [1.82, 2.24) is 10.6 Å². The molecule has 4 nitrogen and oxygen atoms in total. The zero-order valence-electron chi connectivity index (χ0n) is 9.79. The third-order valence-electron chi connectivity index (χ3n) is 3.73. The Labute approximate surface area is 96.2 Å². The fourth-order valence-corrected chi connectivity index (χ4v) is 2.72. The van der Waals surface area contributed by atoms with E-state index in [2.05, 4.69) is 17.6 Å². The second-order valence-electron chi connectivity index (χ2n) is 4.90. The lowest BCUT2D eigenvalue weighted by atomic mass is 9.91. The lowest BCUT2D eigenvalue weighted by molar-refractivity contribution is -0.134. The van der Waals surface area contributed by atoms with Crippen LogP contribution in [0.4, 0.5) is 0 Å². The molecule has 0 aromatic carbocycles. The summed E-state index contributed by atoms with van der Waals surface area (Å²) in [4.78, 5) is 23.5. The molecule has 2 fully saturated rings. The molecule has 0 aromatic rings. The van der Waals surface area contributed by atoms with E-state index in [1.54, 1.807) is 0 Å². The van der Waals surface area contributed by atoms with Gasteiger partial charge in [0.2, 0.25) is 11.8 Å². The maximum absolute atomic E-state index is 11.9. The molecular formula is C12H20N2O2. The number of piperidine rings is 1. The van der Waals surface area contributed by atoms with Crippen LogP contribution in [0.25, 0.3) is 0 Å². The van der Waals surface area contributed by atoms with Crippen molar-refractivity contribution in [3.8, 4) is 0 Å². The summed E-state index contributed by atoms with van der Waals surface area (Å²) in [6.07, 6.45) is 4.94. The molecule has 2 rings (SSSR count). The molecule has 1 heterocycles. The summed E-state index contributed by atoms with van der Waals surface area (Å²) in [5.41, 5.74) is 0. The molecule has 0 aromatic heterocycles. The van der Waals surface area contributed by atoms with Crippen LogP contribution in [0, 0.1) is 11.8 Å². The maximum atomic E-state index is 11.9. The van der Waals surface area contributed by atoms with Crippen LogP contribution >= 0.6 is 0 Å². The lowest BCUT2D eigenvalue weighted by Gasteiger charge is -2.28. The van der Waals surface area contributed by atoms with E-state index in [0.717, 1.165) is 38.6 Å². The average Bonchev–Trinajstić information content (AvgIpc) is 2.69. The van der Waals surface area contributed by atoms with E-state index < -0.39 is 0 Å². The predicted molar refractivity (Wildman–Crippen MR) is 60.7 cm³/mol. The minimum atomic E-state index is -0.275. The quantitative estimate of drug-likeness (QED) is 0.694. The van der Waals surface area contributed by atoms with Crippen molar-refractivity contribution in [2.45, 2.75) is 45.1 Å². The Bertz CT molecular complexity index is 291. The Kier molecular flexibility index (Phi) is 3.46. The molecule has 2 aliphatic rings. The van der Waals surface area contributed by atoms with Crippen molar-refractivity contribution < 1.29 is 9.59 Å². The molecule has 2 N–H and O–H groups in total. The van der Waals surface area contributed by atoms with Crippen LogP contribution in [0.3, 0.4) is 0 Å². The highest BCUT2D eigenvalue weighted by molar-refractivity contribution is 5.90. The first-order valence-electron chi connectivity index (χ1n) is 6.30. The van der Waals surface area contributed by atoms with Gasteiger partial charge in [-0.25, -0.2) is 0 Å². The van der Waals surface area contributed by atoms with Crippen LogP contribution in [-0.2, 0) is 9.59 Å². The number of nitrogens with one attached hydrogen (secondary N) is 2. The minimum absolute atomic E-state index is 0.00662. The van der Waals surface area contributed by atoms with Crippen LogP contribution in [0.2, 0.25) is 0 Å². The normalized spacial score (nSPS) is 32.3. The number of amides is 2. The smallest absolute Gasteiger partial charge is 0.242 e. The van der Waals surface area contributed by atoms with Crippen LogP contribution in [-0.4, -0.2) is 24.4 Å². The van der Waals surface area contributed by atoms with Crippen molar-refractivity contribution in [2.75, 3.05) is 6.54 Å². The predicted octanol–water partition coefficient (Wildman–Crippen LogP) is 0.817. The van der Waals surface area contributed by atoms with Crippen LogP contribution < -0.4 is 10.6 Å². The third-order valence-corrected chi connectivity index (χ3v) is 3.73. The second kappa shape index (κ2) is 4.85. The molecule has 4 heteroatoms. The van der Waals surface area contributed by atoms with Crippen LogP contribution in [0.5, 0.6) is 0 Å². The summed E-state index contributed by atoms with van der Waals surface area (Å²) in [6, 6.07) is -0.275. The van der Waals surface area contributed by atoms with Gasteiger partial charge in [-0.2, -0.15) is 0 Å². The average molecular weight is 224 g/mol. The van der Waals surface area contributed by atoms with Crippen molar-refractivity contribution in [2.24, 2.45) is 11.8 Å². The van der Waals surface area contributed by atoms with E-state index >= 15 is 0 Å². The number of hydrogen-bond acceptors (Lipinski definition) is 2.